The highest BCUT2D eigenvalue weighted by Crippen LogP contribution is 2.12. The molecule has 2 aromatic rings. The maximum Gasteiger partial charge on any atom is 0.291 e. The highest BCUT2D eigenvalue weighted by molar-refractivity contribution is 14.0. The number of hydrogen-bond acceptors (Lipinski definition) is 3. The molecule has 2 rings (SSSR count). The van der Waals surface area contributed by atoms with E-state index in [0.29, 0.717) is 18.2 Å². The number of carbonyl (C=O) groups is 1. The Bertz CT molecular complexity index is 699. The number of amides is 1. The minimum Gasteiger partial charge on any atom is -0.459 e. The minimum atomic E-state index is -0.263. The summed E-state index contributed by atoms with van der Waals surface area (Å²) in [6.07, 6.45) is 2.57. The van der Waals surface area contributed by atoms with Gasteiger partial charge in [-0.2, -0.15) is 0 Å². The maximum absolute atomic E-state index is 12.0. The van der Waals surface area contributed by atoms with Crippen molar-refractivity contribution in [2.24, 2.45) is 10.9 Å². The number of anilines is 1. The van der Waals surface area contributed by atoms with Gasteiger partial charge in [-0.1, -0.05) is 26.0 Å². The van der Waals surface area contributed by atoms with Crippen molar-refractivity contribution >= 4 is 41.5 Å². The van der Waals surface area contributed by atoms with E-state index < -0.39 is 0 Å². The van der Waals surface area contributed by atoms with Gasteiger partial charge in [0.1, 0.15) is 0 Å². The molecule has 1 aromatic heterocycles. The SMILES string of the molecule is CN=C(NCCC(C)C)NCc1cccc(NC(=O)c2ccco2)c1.I. The van der Waals surface area contributed by atoms with Crippen molar-refractivity contribution in [1.82, 2.24) is 10.6 Å². The van der Waals surface area contributed by atoms with E-state index in [-0.39, 0.29) is 29.9 Å². The van der Waals surface area contributed by atoms with Crippen LogP contribution in [0.3, 0.4) is 0 Å². The Balaban J connectivity index is 0.00000338. The van der Waals surface area contributed by atoms with Crippen molar-refractivity contribution in [2.75, 3.05) is 18.9 Å². The van der Waals surface area contributed by atoms with Crippen LogP contribution in [0.2, 0.25) is 0 Å². The molecule has 0 atom stereocenters. The number of furan rings is 1. The zero-order valence-corrected chi connectivity index (χ0v) is 17.7. The van der Waals surface area contributed by atoms with Crippen LogP contribution < -0.4 is 16.0 Å². The fraction of sp³-hybridized carbons (Fsp3) is 0.368. The van der Waals surface area contributed by atoms with Gasteiger partial charge in [-0.05, 0) is 42.2 Å². The van der Waals surface area contributed by atoms with E-state index in [0.717, 1.165) is 30.2 Å². The number of guanidine groups is 1. The van der Waals surface area contributed by atoms with E-state index >= 15 is 0 Å². The zero-order chi connectivity index (χ0) is 18.1. The van der Waals surface area contributed by atoms with Gasteiger partial charge in [-0.3, -0.25) is 9.79 Å². The Morgan fingerprint density at radius 3 is 2.65 bits per heavy atom. The average Bonchev–Trinajstić information content (AvgIpc) is 3.12. The number of carbonyl (C=O) groups excluding carboxylic acids is 1. The fourth-order valence-corrected chi connectivity index (χ4v) is 2.25. The average molecular weight is 470 g/mol. The molecule has 0 saturated heterocycles. The summed E-state index contributed by atoms with van der Waals surface area (Å²) < 4.78 is 5.10. The number of aliphatic imine (C=N–C) groups is 1. The molecular formula is C19H27IN4O2. The van der Waals surface area contributed by atoms with Gasteiger partial charge in [0.2, 0.25) is 0 Å². The van der Waals surface area contributed by atoms with Crippen molar-refractivity contribution in [3.05, 3.63) is 54.0 Å². The predicted octanol–water partition coefficient (Wildman–Crippen LogP) is 3.86. The first kappa shape index (κ1) is 22.0. The van der Waals surface area contributed by atoms with Crippen molar-refractivity contribution in [3.8, 4) is 0 Å². The molecule has 0 spiro atoms. The lowest BCUT2D eigenvalue weighted by Gasteiger charge is -2.13. The third-order valence-corrected chi connectivity index (χ3v) is 3.63. The second kappa shape index (κ2) is 11.6. The van der Waals surface area contributed by atoms with Gasteiger partial charge in [0, 0.05) is 25.8 Å². The van der Waals surface area contributed by atoms with Crippen LogP contribution in [0, 0.1) is 5.92 Å². The van der Waals surface area contributed by atoms with E-state index in [1.165, 1.54) is 6.26 Å². The molecule has 0 unspecified atom stereocenters. The zero-order valence-electron chi connectivity index (χ0n) is 15.4. The molecule has 6 nitrogen and oxygen atoms in total. The van der Waals surface area contributed by atoms with Crippen LogP contribution in [0.1, 0.15) is 36.4 Å². The molecule has 1 amide bonds. The summed E-state index contributed by atoms with van der Waals surface area (Å²) in [4.78, 5) is 16.2. The van der Waals surface area contributed by atoms with Crippen LogP contribution in [0.25, 0.3) is 0 Å². The van der Waals surface area contributed by atoms with Gasteiger partial charge in [-0.15, -0.1) is 24.0 Å². The third-order valence-electron chi connectivity index (χ3n) is 3.63. The molecule has 1 aromatic carbocycles. The third kappa shape index (κ3) is 7.47. The normalized spacial score (nSPS) is 11.0. The first-order valence-electron chi connectivity index (χ1n) is 8.47. The van der Waals surface area contributed by atoms with Crippen LogP contribution in [0.4, 0.5) is 5.69 Å². The van der Waals surface area contributed by atoms with Crippen LogP contribution in [-0.4, -0.2) is 25.5 Å². The van der Waals surface area contributed by atoms with E-state index in [1.807, 2.05) is 24.3 Å². The predicted molar refractivity (Wildman–Crippen MR) is 116 cm³/mol. The second-order valence-electron chi connectivity index (χ2n) is 6.17. The Labute approximate surface area is 171 Å². The fourth-order valence-electron chi connectivity index (χ4n) is 2.25. The summed E-state index contributed by atoms with van der Waals surface area (Å²) in [6.45, 7) is 5.89. The lowest BCUT2D eigenvalue weighted by molar-refractivity contribution is 0.0996. The lowest BCUT2D eigenvalue weighted by Crippen LogP contribution is -2.37. The first-order valence-corrected chi connectivity index (χ1v) is 8.47. The highest BCUT2D eigenvalue weighted by atomic mass is 127. The molecular weight excluding hydrogens is 443 g/mol. The van der Waals surface area contributed by atoms with Crippen molar-refractivity contribution in [1.29, 1.82) is 0 Å². The molecule has 3 N–H and O–H groups in total. The second-order valence-corrected chi connectivity index (χ2v) is 6.17. The number of nitrogens with zero attached hydrogens (tertiary/aromatic N) is 1. The lowest BCUT2D eigenvalue weighted by atomic mass is 10.1. The molecule has 0 bridgehead atoms. The summed E-state index contributed by atoms with van der Waals surface area (Å²) in [6, 6.07) is 11.0. The van der Waals surface area contributed by atoms with Gasteiger partial charge in [0.05, 0.1) is 6.26 Å². The van der Waals surface area contributed by atoms with Gasteiger partial charge in [-0.25, -0.2) is 0 Å². The first-order chi connectivity index (χ1) is 12.1. The monoisotopic (exact) mass is 470 g/mol. The Hall–Kier alpha value is -2.03. The summed E-state index contributed by atoms with van der Waals surface area (Å²) in [5.41, 5.74) is 1.77. The van der Waals surface area contributed by atoms with Crippen LogP contribution >= 0.6 is 24.0 Å². The Morgan fingerprint density at radius 2 is 2.00 bits per heavy atom. The smallest absolute Gasteiger partial charge is 0.291 e. The molecule has 26 heavy (non-hydrogen) atoms. The number of hydrogen-bond donors (Lipinski definition) is 3. The Morgan fingerprint density at radius 1 is 1.19 bits per heavy atom. The van der Waals surface area contributed by atoms with Crippen LogP contribution in [-0.2, 0) is 6.54 Å². The van der Waals surface area contributed by atoms with Crippen molar-refractivity contribution in [3.63, 3.8) is 0 Å². The molecule has 0 fully saturated rings. The molecule has 0 aliphatic rings. The van der Waals surface area contributed by atoms with Gasteiger partial charge >= 0.3 is 0 Å². The number of nitrogens with one attached hydrogen (secondary N) is 3. The van der Waals surface area contributed by atoms with E-state index in [2.05, 4.69) is 34.8 Å². The summed E-state index contributed by atoms with van der Waals surface area (Å²) in [7, 11) is 1.75. The van der Waals surface area contributed by atoms with Gasteiger partial charge in [0.25, 0.3) is 5.91 Å². The molecule has 1 heterocycles. The van der Waals surface area contributed by atoms with Crippen molar-refractivity contribution in [2.45, 2.75) is 26.8 Å². The molecule has 0 aliphatic carbocycles. The molecule has 0 aliphatic heterocycles. The minimum absolute atomic E-state index is 0. The van der Waals surface area contributed by atoms with Crippen molar-refractivity contribution < 1.29 is 9.21 Å². The number of halogens is 1. The van der Waals surface area contributed by atoms with E-state index in [1.54, 1.807) is 19.2 Å². The maximum atomic E-state index is 12.0. The quantitative estimate of drug-likeness (QED) is 0.326. The van der Waals surface area contributed by atoms with E-state index in [4.69, 9.17) is 4.42 Å². The molecule has 0 saturated carbocycles. The number of rotatable bonds is 7. The summed E-state index contributed by atoms with van der Waals surface area (Å²) >= 11 is 0. The standard InChI is InChI=1S/C19H26N4O2.HI/c1-14(2)9-10-21-19(20-3)22-13-15-6-4-7-16(12-15)23-18(24)17-8-5-11-25-17;/h4-8,11-12,14H,9-10,13H2,1-3H3,(H,23,24)(H2,20,21,22);1H. The van der Waals surface area contributed by atoms with E-state index in [9.17, 15) is 4.79 Å². The van der Waals surface area contributed by atoms with Crippen LogP contribution in [0.15, 0.2) is 52.1 Å². The van der Waals surface area contributed by atoms with Gasteiger partial charge in [0.15, 0.2) is 11.7 Å². The molecule has 142 valence electrons. The molecule has 7 heteroatoms. The van der Waals surface area contributed by atoms with Crippen LogP contribution in [0.5, 0.6) is 0 Å². The summed E-state index contributed by atoms with van der Waals surface area (Å²) in [5.74, 6) is 1.45. The molecule has 0 radical (unpaired) electrons. The van der Waals surface area contributed by atoms with Gasteiger partial charge < -0.3 is 20.4 Å². The highest BCUT2D eigenvalue weighted by Gasteiger charge is 2.08. The summed E-state index contributed by atoms with van der Waals surface area (Å²) in [5, 5.41) is 9.40. The topological polar surface area (TPSA) is 78.7 Å². The largest absolute Gasteiger partial charge is 0.459 e. The Kier molecular flexibility index (Phi) is 9.79. The number of benzene rings is 1.